The molecule has 118 valence electrons. The summed E-state index contributed by atoms with van der Waals surface area (Å²) in [6.07, 6.45) is 1.84. The third kappa shape index (κ3) is 4.77. The van der Waals surface area contributed by atoms with Gasteiger partial charge in [0.2, 0.25) is 5.91 Å². The van der Waals surface area contributed by atoms with Crippen LogP contribution in [-0.4, -0.2) is 31.1 Å². The fourth-order valence-electron chi connectivity index (χ4n) is 2.02. The van der Waals surface area contributed by atoms with Crippen LogP contribution in [0.25, 0.3) is 0 Å². The SMILES string of the molecule is COCCN(Cc1ccco1)C(=O)Cc1ccc(Cl)c(Cl)c1. The van der Waals surface area contributed by atoms with E-state index in [0.29, 0.717) is 29.7 Å². The van der Waals surface area contributed by atoms with Gasteiger partial charge in [0.05, 0.1) is 35.9 Å². The summed E-state index contributed by atoms with van der Waals surface area (Å²) in [7, 11) is 1.61. The quantitative estimate of drug-likeness (QED) is 0.769. The molecular formula is C16H17Cl2NO3. The Morgan fingerprint density at radius 3 is 2.73 bits per heavy atom. The number of hydrogen-bond donors (Lipinski definition) is 0. The number of carbonyl (C=O) groups is 1. The van der Waals surface area contributed by atoms with Crippen molar-refractivity contribution in [1.29, 1.82) is 0 Å². The summed E-state index contributed by atoms with van der Waals surface area (Å²) in [5.74, 6) is 0.713. The van der Waals surface area contributed by atoms with Gasteiger partial charge in [-0.2, -0.15) is 0 Å². The van der Waals surface area contributed by atoms with Gasteiger partial charge in [-0.3, -0.25) is 4.79 Å². The molecular weight excluding hydrogens is 325 g/mol. The second kappa shape index (κ2) is 8.22. The highest BCUT2D eigenvalue weighted by Crippen LogP contribution is 2.23. The molecule has 4 nitrogen and oxygen atoms in total. The molecule has 1 heterocycles. The van der Waals surface area contributed by atoms with Crippen molar-refractivity contribution in [1.82, 2.24) is 4.90 Å². The molecule has 0 unspecified atom stereocenters. The van der Waals surface area contributed by atoms with Crippen LogP contribution in [0.1, 0.15) is 11.3 Å². The third-order valence-electron chi connectivity index (χ3n) is 3.18. The lowest BCUT2D eigenvalue weighted by Crippen LogP contribution is -2.34. The zero-order chi connectivity index (χ0) is 15.9. The van der Waals surface area contributed by atoms with E-state index >= 15 is 0 Å². The second-order valence-electron chi connectivity index (χ2n) is 4.81. The maximum atomic E-state index is 12.5. The van der Waals surface area contributed by atoms with Gasteiger partial charge in [0.1, 0.15) is 5.76 Å². The lowest BCUT2D eigenvalue weighted by molar-refractivity contribution is -0.132. The summed E-state index contributed by atoms with van der Waals surface area (Å²) in [5.41, 5.74) is 0.821. The summed E-state index contributed by atoms with van der Waals surface area (Å²) in [5, 5.41) is 0.922. The van der Waals surface area contributed by atoms with Crippen molar-refractivity contribution in [3.63, 3.8) is 0 Å². The average molecular weight is 342 g/mol. The minimum absolute atomic E-state index is 0.0214. The largest absolute Gasteiger partial charge is 0.467 e. The van der Waals surface area contributed by atoms with E-state index in [9.17, 15) is 4.79 Å². The van der Waals surface area contributed by atoms with Gasteiger partial charge in [0.15, 0.2) is 0 Å². The second-order valence-corrected chi connectivity index (χ2v) is 5.63. The molecule has 0 atom stereocenters. The molecule has 1 aromatic carbocycles. The van der Waals surface area contributed by atoms with Crippen LogP contribution in [0, 0.1) is 0 Å². The van der Waals surface area contributed by atoms with E-state index in [0.717, 1.165) is 11.3 Å². The molecule has 0 radical (unpaired) electrons. The summed E-state index contributed by atoms with van der Waals surface area (Å²) in [6.45, 7) is 1.38. The zero-order valence-electron chi connectivity index (χ0n) is 12.2. The first-order valence-corrected chi connectivity index (χ1v) is 7.58. The van der Waals surface area contributed by atoms with Gasteiger partial charge in [-0.1, -0.05) is 29.3 Å². The van der Waals surface area contributed by atoms with E-state index in [-0.39, 0.29) is 12.3 Å². The molecule has 0 aliphatic carbocycles. The van der Waals surface area contributed by atoms with Crippen LogP contribution >= 0.6 is 23.2 Å². The van der Waals surface area contributed by atoms with E-state index in [1.165, 1.54) is 0 Å². The van der Waals surface area contributed by atoms with E-state index in [4.69, 9.17) is 32.4 Å². The molecule has 1 aromatic heterocycles. The molecule has 2 rings (SSSR count). The van der Waals surface area contributed by atoms with Crippen LogP contribution in [0.3, 0.4) is 0 Å². The first kappa shape index (κ1) is 16.9. The first-order chi connectivity index (χ1) is 10.6. The van der Waals surface area contributed by atoms with Crippen LogP contribution in [-0.2, 0) is 22.5 Å². The number of rotatable bonds is 7. The number of amides is 1. The molecule has 0 saturated heterocycles. The Hall–Kier alpha value is -1.49. The topological polar surface area (TPSA) is 42.7 Å². The molecule has 0 fully saturated rings. The van der Waals surface area contributed by atoms with Crippen LogP contribution in [0.5, 0.6) is 0 Å². The maximum absolute atomic E-state index is 12.5. The number of hydrogen-bond acceptors (Lipinski definition) is 3. The van der Waals surface area contributed by atoms with Crippen molar-refractivity contribution in [3.05, 3.63) is 58.0 Å². The maximum Gasteiger partial charge on any atom is 0.227 e. The van der Waals surface area contributed by atoms with Gasteiger partial charge in [0.25, 0.3) is 0 Å². The van der Waals surface area contributed by atoms with Crippen LogP contribution < -0.4 is 0 Å². The predicted molar refractivity (Wildman–Crippen MR) is 86.2 cm³/mol. The molecule has 6 heteroatoms. The van der Waals surface area contributed by atoms with Crippen LogP contribution in [0.4, 0.5) is 0 Å². The Morgan fingerprint density at radius 1 is 1.27 bits per heavy atom. The molecule has 0 saturated carbocycles. The number of ether oxygens (including phenoxy) is 1. The summed E-state index contributed by atoms with van der Waals surface area (Å²) >= 11 is 11.9. The molecule has 2 aromatic rings. The Bertz CT molecular complexity index is 614. The van der Waals surface area contributed by atoms with Gasteiger partial charge in [-0.05, 0) is 29.8 Å². The lowest BCUT2D eigenvalue weighted by Gasteiger charge is -2.21. The Kier molecular flexibility index (Phi) is 6.31. The highest BCUT2D eigenvalue weighted by molar-refractivity contribution is 6.42. The molecule has 22 heavy (non-hydrogen) atoms. The zero-order valence-corrected chi connectivity index (χ0v) is 13.7. The van der Waals surface area contributed by atoms with Gasteiger partial charge < -0.3 is 14.1 Å². The normalized spacial score (nSPS) is 10.7. The van der Waals surface area contributed by atoms with Crippen molar-refractivity contribution in [2.45, 2.75) is 13.0 Å². The molecule has 0 bridgehead atoms. The minimum Gasteiger partial charge on any atom is -0.467 e. The van der Waals surface area contributed by atoms with Gasteiger partial charge in [-0.25, -0.2) is 0 Å². The van der Waals surface area contributed by atoms with E-state index in [2.05, 4.69) is 0 Å². The first-order valence-electron chi connectivity index (χ1n) is 6.83. The number of methoxy groups -OCH3 is 1. The Labute approximate surface area is 139 Å². The number of carbonyl (C=O) groups excluding carboxylic acids is 1. The molecule has 1 amide bonds. The monoisotopic (exact) mass is 341 g/mol. The number of benzene rings is 1. The molecule has 0 aliphatic heterocycles. The Morgan fingerprint density at radius 2 is 2.09 bits per heavy atom. The highest BCUT2D eigenvalue weighted by atomic mass is 35.5. The van der Waals surface area contributed by atoms with Crippen molar-refractivity contribution < 1.29 is 13.9 Å². The molecule has 0 spiro atoms. The predicted octanol–water partition coefficient (Wildman–Crippen LogP) is 3.80. The Balaban J connectivity index is 2.05. The summed E-state index contributed by atoms with van der Waals surface area (Å²) in [6, 6.07) is 8.84. The van der Waals surface area contributed by atoms with Crippen molar-refractivity contribution in [3.8, 4) is 0 Å². The standard InChI is InChI=1S/C16H17Cl2NO3/c1-21-8-6-19(11-13-3-2-7-22-13)16(20)10-12-4-5-14(17)15(18)9-12/h2-5,7,9H,6,8,10-11H2,1H3. The average Bonchev–Trinajstić information content (AvgIpc) is 3.00. The van der Waals surface area contributed by atoms with E-state index < -0.39 is 0 Å². The number of halogens is 2. The number of nitrogens with zero attached hydrogens (tertiary/aromatic N) is 1. The van der Waals surface area contributed by atoms with Crippen molar-refractivity contribution in [2.24, 2.45) is 0 Å². The summed E-state index contributed by atoms with van der Waals surface area (Å²) < 4.78 is 10.4. The van der Waals surface area contributed by atoms with E-state index in [1.807, 2.05) is 6.07 Å². The number of furan rings is 1. The lowest BCUT2D eigenvalue weighted by atomic mass is 10.1. The van der Waals surface area contributed by atoms with Crippen LogP contribution in [0.2, 0.25) is 10.0 Å². The summed E-state index contributed by atoms with van der Waals surface area (Å²) in [4.78, 5) is 14.2. The van der Waals surface area contributed by atoms with E-state index in [1.54, 1.807) is 42.5 Å². The fourth-order valence-corrected chi connectivity index (χ4v) is 2.34. The molecule has 0 N–H and O–H groups in total. The van der Waals surface area contributed by atoms with Gasteiger partial charge >= 0.3 is 0 Å². The van der Waals surface area contributed by atoms with Gasteiger partial charge in [0, 0.05) is 13.7 Å². The fraction of sp³-hybridized carbons (Fsp3) is 0.312. The van der Waals surface area contributed by atoms with Gasteiger partial charge in [-0.15, -0.1) is 0 Å². The van der Waals surface area contributed by atoms with Crippen molar-refractivity contribution >= 4 is 29.1 Å². The van der Waals surface area contributed by atoms with Crippen molar-refractivity contribution in [2.75, 3.05) is 20.3 Å². The van der Waals surface area contributed by atoms with Crippen LogP contribution in [0.15, 0.2) is 41.0 Å². The third-order valence-corrected chi connectivity index (χ3v) is 3.92. The minimum atomic E-state index is -0.0214. The highest BCUT2D eigenvalue weighted by Gasteiger charge is 2.16. The smallest absolute Gasteiger partial charge is 0.227 e. The molecule has 0 aliphatic rings.